The fourth-order valence-corrected chi connectivity index (χ4v) is 2.46. The molecule has 0 unspecified atom stereocenters. The van der Waals surface area contributed by atoms with Gasteiger partial charge in [0.1, 0.15) is 0 Å². The van der Waals surface area contributed by atoms with Gasteiger partial charge < -0.3 is 15.7 Å². The number of aliphatic hydroxyl groups is 1. The first-order valence-electron chi connectivity index (χ1n) is 8.37. The zero-order valence-corrected chi connectivity index (χ0v) is 15.2. The number of anilines is 3. The summed E-state index contributed by atoms with van der Waals surface area (Å²) in [5, 5.41) is 21.8. The van der Waals surface area contributed by atoms with Gasteiger partial charge in [0.05, 0.1) is 17.3 Å². The number of aliphatic hydroxyl groups excluding tert-OH is 1. The summed E-state index contributed by atoms with van der Waals surface area (Å²) < 4.78 is 0. The molecule has 0 fully saturated rings. The Labute approximate surface area is 163 Å². The van der Waals surface area contributed by atoms with Crippen molar-refractivity contribution < 1.29 is 14.7 Å². The Bertz CT molecular complexity index is 995. The van der Waals surface area contributed by atoms with Crippen molar-refractivity contribution in [1.29, 1.82) is 5.26 Å². The highest BCUT2D eigenvalue weighted by atomic mass is 16.2. The predicted molar refractivity (Wildman–Crippen MR) is 109 cm³/mol. The minimum Gasteiger partial charge on any atom is -0.400 e. The van der Waals surface area contributed by atoms with E-state index in [2.05, 4.69) is 10.6 Å². The minimum atomic E-state index is -0.338. The van der Waals surface area contributed by atoms with E-state index in [0.29, 0.717) is 23.1 Å². The van der Waals surface area contributed by atoms with Gasteiger partial charge in [0.25, 0.3) is 5.91 Å². The molecule has 0 aliphatic rings. The molecular weight excluding hydrogens is 354 g/mol. The van der Waals surface area contributed by atoms with Crippen molar-refractivity contribution >= 4 is 29.3 Å². The molecule has 6 heteroatoms. The minimum absolute atomic E-state index is 0.260. The summed E-state index contributed by atoms with van der Waals surface area (Å²) in [5.74, 6) is -0.338. The van der Waals surface area contributed by atoms with E-state index in [1.54, 1.807) is 30.3 Å². The number of nitrogens with one attached hydrogen (secondary N) is 2. The molecule has 6 nitrogen and oxygen atoms in total. The molecule has 0 atom stereocenters. The maximum Gasteiger partial charge on any atom is 0.255 e. The Hall–Kier alpha value is -3.95. The molecule has 0 saturated heterocycles. The van der Waals surface area contributed by atoms with E-state index in [0.717, 1.165) is 18.5 Å². The molecule has 0 aliphatic heterocycles. The number of carbonyl (C=O) groups excluding carboxylic acids is 2. The van der Waals surface area contributed by atoms with Crippen LogP contribution in [-0.4, -0.2) is 24.4 Å². The number of nitrogens with zero attached hydrogens (tertiary/aromatic N) is 1. The third-order valence-electron chi connectivity index (χ3n) is 3.74. The van der Waals surface area contributed by atoms with E-state index in [1.807, 2.05) is 42.5 Å². The van der Waals surface area contributed by atoms with Crippen LogP contribution in [0.4, 0.5) is 17.1 Å². The quantitative estimate of drug-likeness (QED) is 0.587. The molecule has 3 aromatic carbocycles. The normalized spacial score (nSPS) is 9.32. The summed E-state index contributed by atoms with van der Waals surface area (Å²) in [6.45, 7) is 0. The molecule has 140 valence electrons. The molecule has 3 rings (SSSR count). The van der Waals surface area contributed by atoms with Crippen molar-refractivity contribution in [3.8, 4) is 6.07 Å². The van der Waals surface area contributed by atoms with Crippen molar-refractivity contribution in [3.63, 3.8) is 0 Å². The van der Waals surface area contributed by atoms with Crippen LogP contribution in [0.3, 0.4) is 0 Å². The SMILES string of the molecule is CO.N#Cc1ccc(NC(=O)c2cccc(Nc3ccccc3)c2)c(C=O)c1. The molecule has 0 heterocycles. The number of aldehydes is 1. The highest BCUT2D eigenvalue weighted by Gasteiger charge is 2.10. The van der Waals surface area contributed by atoms with Crippen LogP contribution < -0.4 is 10.6 Å². The first kappa shape index (κ1) is 20.4. The molecule has 0 saturated carbocycles. The van der Waals surface area contributed by atoms with Crippen LogP contribution in [0.1, 0.15) is 26.3 Å². The highest BCUT2D eigenvalue weighted by Crippen LogP contribution is 2.20. The predicted octanol–water partition coefficient (Wildman–Crippen LogP) is 3.98. The van der Waals surface area contributed by atoms with Crippen molar-refractivity contribution in [2.75, 3.05) is 17.7 Å². The molecule has 3 N–H and O–H groups in total. The lowest BCUT2D eigenvalue weighted by Gasteiger charge is -2.10. The van der Waals surface area contributed by atoms with Gasteiger partial charge in [0, 0.05) is 29.6 Å². The van der Waals surface area contributed by atoms with Crippen molar-refractivity contribution in [2.45, 2.75) is 0 Å². The number of hydrogen-bond acceptors (Lipinski definition) is 5. The Balaban J connectivity index is 0.00000136. The first-order chi connectivity index (χ1) is 13.7. The molecule has 0 radical (unpaired) electrons. The second kappa shape index (κ2) is 10.3. The second-order valence-electron chi connectivity index (χ2n) is 5.56. The topological polar surface area (TPSA) is 102 Å². The van der Waals surface area contributed by atoms with Gasteiger partial charge >= 0.3 is 0 Å². The summed E-state index contributed by atoms with van der Waals surface area (Å²) in [6, 6.07) is 23.2. The van der Waals surface area contributed by atoms with Crippen molar-refractivity contribution in [3.05, 3.63) is 89.5 Å². The lowest BCUT2D eigenvalue weighted by Crippen LogP contribution is -2.13. The first-order valence-corrected chi connectivity index (χ1v) is 8.37. The van der Waals surface area contributed by atoms with E-state index in [9.17, 15) is 9.59 Å². The van der Waals surface area contributed by atoms with Gasteiger partial charge in [-0.3, -0.25) is 9.59 Å². The Kier molecular flexibility index (Phi) is 7.46. The van der Waals surface area contributed by atoms with E-state index in [4.69, 9.17) is 10.4 Å². The van der Waals surface area contributed by atoms with Crippen LogP contribution in [0, 0.1) is 11.3 Å². The largest absolute Gasteiger partial charge is 0.400 e. The second-order valence-corrected chi connectivity index (χ2v) is 5.56. The van der Waals surface area contributed by atoms with Crippen LogP contribution in [-0.2, 0) is 0 Å². The number of carbonyl (C=O) groups is 2. The summed E-state index contributed by atoms with van der Waals surface area (Å²) in [4.78, 5) is 23.7. The summed E-state index contributed by atoms with van der Waals surface area (Å²) in [7, 11) is 1.00. The monoisotopic (exact) mass is 373 g/mol. The van der Waals surface area contributed by atoms with Crippen LogP contribution in [0.2, 0.25) is 0 Å². The van der Waals surface area contributed by atoms with E-state index < -0.39 is 0 Å². The van der Waals surface area contributed by atoms with Gasteiger partial charge in [-0.1, -0.05) is 24.3 Å². The van der Waals surface area contributed by atoms with E-state index in [1.165, 1.54) is 6.07 Å². The van der Waals surface area contributed by atoms with Gasteiger partial charge in [0.15, 0.2) is 6.29 Å². The summed E-state index contributed by atoms with van der Waals surface area (Å²) in [5.41, 5.74) is 3.13. The molecular formula is C22H19N3O3. The van der Waals surface area contributed by atoms with Gasteiger partial charge in [-0.15, -0.1) is 0 Å². The Morgan fingerprint density at radius 1 is 0.964 bits per heavy atom. The molecule has 0 spiro atoms. The lowest BCUT2D eigenvalue weighted by molar-refractivity contribution is 0.102. The van der Waals surface area contributed by atoms with E-state index >= 15 is 0 Å². The zero-order valence-electron chi connectivity index (χ0n) is 15.2. The third kappa shape index (κ3) is 5.27. The van der Waals surface area contributed by atoms with Crippen LogP contribution in [0.15, 0.2) is 72.8 Å². The number of benzene rings is 3. The molecule has 0 aromatic heterocycles. The lowest BCUT2D eigenvalue weighted by atomic mass is 10.1. The van der Waals surface area contributed by atoms with Gasteiger partial charge in [-0.25, -0.2) is 0 Å². The average Bonchev–Trinajstić information content (AvgIpc) is 2.76. The molecule has 3 aromatic rings. The van der Waals surface area contributed by atoms with Crippen LogP contribution in [0.25, 0.3) is 0 Å². The highest BCUT2D eigenvalue weighted by molar-refractivity contribution is 6.07. The smallest absolute Gasteiger partial charge is 0.255 e. The number of para-hydroxylation sites is 1. The molecule has 0 aliphatic carbocycles. The fraction of sp³-hybridized carbons (Fsp3) is 0.0455. The maximum atomic E-state index is 12.5. The van der Waals surface area contributed by atoms with Crippen LogP contribution in [0.5, 0.6) is 0 Å². The number of rotatable bonds is 5. The number of hydrogen-bond donors (Lipinski definition) is 3. The number of nitriles is 1. The van der Waals surface area contributed by atoms with E-state index in [-0.39, 0.29) is 11.5 Å². The molecule has 0 bridgehead atoms. The van der Waals surface area contributed by atoms with Gasteiger partial charge in [0.2, 0.25) is 0 Å². The third-order valence-corrected chi connectivity index (χ3v) is 3.74. The molecule has 1 amide bonds. The summed E-state index contributed by atoms with van der Waals surface area (Å²) >= 11 is 0. The molecule has 28 heavy (non-hydrogen) atoms. The average molecular weight is 373 g/mol. The van der Waals surface area contributed by atoms with Gasteiger partial charge in [-0.2, -0.15) is 5.26 Å². The fourth-order valence-electron chi connectivity index (χ4n) is 2.46. The Morgan fingerprint density at radius 3 is 2.36 bits per heavy atom. The summed E-state index contributed by atoms with van der Waals surface area (Å²) in [6.07, 6.45) is 0.615. The Morgan fingerprint density at radius 2 is 1.68 bits per heavy atom. The van der Waals surface area contributed by atoms with Gasteiger partial charge in [-0.05, 0) is 48.5 Å². The number of amides is 1. The van der Waals surface area contributed by atoms with Crippen molar-refractivity contribution in [2.24, 2.45) is 0 Å². The standard InChI is InChI=1S/C21H15N3O2.CH4O/c22-13-15-9-10-20(17(11-15)14-25)24-21(26)16-5-4-8-19(12-16)23-18-6-2-1-3-7-18;1-2/h1-12,14,23H,(H,24,26);2H,1H3. The maximum absolute atomic E-state index is 12.5. The van der Waals surface area contributed by atoms with Crippen LogP contribution >= 0.6 is 0 Å². The zero-order chi connectivity index (χ0) is 20.4. The van der Waals surface area contributed by atoms with Crippen molar-refractivity contribution in [1.82, 2.24) is 0 Å².